The molecule has 0 bridgehead atoms. The third-order valence-electron chi connectivity index (χ3n) is 4.02. The molecule has 0 amide bonds. The lowest BCUT2D eigenvalue weighted by Crippen LogP contribution is -1.99. The van der Waals surface area contributed by atoms with Gasteiger partial charge >= 0.3 is 0 Å². The Morgan fingerprint density at radius 2 is 1.50 bits per heavy atom. The summed E-state index contributed by atoms with van der Waals surface area (Å²) in [4.78, 5) is 0. The van der Waals surface area contributed by atoms with Gasteiger partial charge in [0.25, 0.3) is 0 Å². The molecule has 2 heterocycles. The van der Waals surface area contributed by atoms with Crippen LogP contribution in [-0.2, 0) is 12.3 Å². The zero-order valence-electron chi connectivity index (χ0n) is 14.8. The Morgan fingerprint density at radius 1 is 0.857 bits per heavy atom. The van der Waals surface area contributed by atoms with Crippen LogP contribution in [0, 0.1) is 0 Å². The first kappa shape index (κ1) is 19.0. The molecular formula is C19H15Cl2N5OS. The fraction of sp³-hybridized carbons (Fsp3) is 0.158. The van der Waals surface area contributed by atoms with Gasteiger partial charge in [-0.25, -0.2) is 0 Å². The maximum Gasteiger partial charge on any atom is 0.247 e. The second kappa shape index (κ2) is 8.34. The largest absolute Gasteiger partial charge is 0.420 e. The van der Waals surface area contributed by atoms with Gasteiger partial charge in [0.1, 0.15) is 0 Å². The average Bonchev–Trinajstić information content (AvgIpc) is 3.34. The van der Waals surface area contributed by atoms with Gasteiger partial charge in [0.2, 0.25) is 11.8 Å². The standard InChI is InChI=1S/C19H15Cl2N5OS/c1-2-26-17(12-3-7-14(20)8-4-12)23-25-19(26)28-11-16-22-24-18(27-16)13-5-9-15(21)10-6-13/h3-10H,2,11H2,1H3. The van der Waals surface area contributed by atoms with E-state index in [1.54, 1.807) is 12.1 Å². The first-order valence-electron chi connectivity index (χ1n) is 8.54. The number of aromatic nitrogens is 5. The Kier molecular flexibility index (Phi) is 5.66. The van der Waals surface area contributed by atoms with E-state index in [4.69, 9.17) is 27.6 Å². The fourth-order valence-electron chi connectivity index (χ4n) is 2.64. The molecule has 0 aliphatic heterocycles. The summed E-state index contributed by atoms with van der Waals surface area (Å²) in [6, 6.07) is 14.8. The first-order valence-corrected chi connectivity index (χ1v) is 10.3. The van der Waals surface area contributed by atoms with Crippen LogP contribution in [-0.4, -0.2) is 25.0 Å². The molecule has 0 aliphatic carbocycles. The van der Waals surface area contributed by atoms with Crippen LogP contribution in [0.2, 0.25) is 10.0 Å². The number of hydrogen-bond acceptors (Lipinski definition) is 6. The second-order valence-corrected chi connectivity index (χ2v) is 7.67. The number of thioether (sulfide) groups is 1. The van der Waals surface area contributed by atoms with Gasteiger partial charge in [0, 0.05) is 27.7 Å². The molecule has 0 spiro atoms. The molecular weight excluding hydrogens is 417 g/mol. The van der Waals surface area contributed by atoms with Crippen molar-refractivity contribution in [1.82, 2.24) is 25.0 Å². The Bertz CT molecular complexity index is 1080. The van der Waals surface area contributed by atoms with Crippen molar-refractivity contribution < 1.29 is 4.42 Å². The minimum atomic E-state index is 0.464. The van der Waals surface area contributed by atoms with E-state index in [1.807, 2.05) is 41.0 Å². The van der Waals surface area contributed by atoms with Crippen molar-refractivity contribution in [2.45, 2.75) is 24.4 Å². The smallest absolute Gasteiger partial charge is 0.247 e. The number of benzene rings is 2. The van der Waals surface area contributed by atoms with Gasteiger partial charge in [-0.1, -0.05) is 35.0 Å². The Balaban J connectivity index is 1.49. The number of rotatable bonds is 6. The maximum atomic E-state index is 5.97. The molecule has 0 radical (unpaired) electrons. The highest BCUT2D eigenvalue weighted by Gasteiger charge is 2.15. The first-order chi connectivity index (χ1) is 13.6. The predicted octanol–water partition coefficient (Wildman–Crippen LogP) is 5.61. The minimum absolute atomic E-state index is 0.464. The van der Waals surface area contributed by atoms with Crippen molar-refractivity contribution in [3.63, 3.8) is 0 Å². The topological polar surface area (TPSA) is 69.6 Å². The third-order valence-corrected chi connectivity index (χ3v) is 5.47. The highest BCUT2D eigenvalue weighted by molar-refractivity contribution is 7.98. The molecule has 2 aromatic carbocycles. The zero-order chi connectivity index (χ0) is 19.5. The van der Waals surface area contributed by atoms with E-state index in [2.05, 4.69) is 27.3 Å². The summed E-state index contributed by atoms with van der Waals surface area (Å²) in [7, 11) is 0. The summed E-state index contributed by atoms with van der Waals surface area (Å²) < 4.78 is 7.80. The van der Waals surface area contributed by atoms with E-state index >= 15 is 0 Å². The summed E-state index contributed by atoms with van der Waals surface area (Å²) in [6.07, 6.45) is 0. The molecule has 6 nitrogen and oxygen atoms in total. The quantitative estimate of drug-likeness (QED) is 0.369. The third kappa shape index (κ3) is 4.06. The molecule has 4 rings (SSSR count). The zero-order valence-corrected chi connectivity index (χ0v) is 17.2. The highest BCUT2D eigenvalue weighted by atomic mass is 35.5. The molecule has 0 atom stereocenters. The minimum Gasteiger partial charge on any atom is -0.420 e. The Labute approximate surface area is 175 Å². The van der Waals surface area contributed by atoms with E-state index in [-0.39, 0.29) is 0 Å². The second-order valence-electron chi connectivity index (χ2n) is 5.85. The van der Waals surface area contributed by atoms with Crippen molar-refractivity contribution in [2.24, 2.45) is 0 Å². The lowest BCUT2D eigenvalue weighted by molar-refractivity contribution is 0.528. The van der Waals surface area contributed by atoms with Crippen LogP contribution in [0.15, 0.2) is 58.1 Å². The molecule has 0 unspecified atom stereocenters. The van der Waals surface area contributed by atoms with Crippen molar-refractivity contribution in [3.05, 3.63) is 64.5 Å². The van der Waals surface area contributed by atoms with Crippen LogP contribution >= 0.6 is 35.0 Å². The SMILES string of the molecule is CCn1c(SCc2nnc(-c3ccc(Cl)cc3)o2)nnc1-c1ccc(Cl)cc1. The normalized spacial score (nSPS) is 11.1. The van der Waals surface area contributed by atoms with Gasteiger partial charge in [-0.05, 0) is 55.5 Å². The van der Waals surface area contributed by atoms with E-state index < -0.39 is 0 Å². The van der Waals surface area contributed by atoms with Crippen molar-refractivity contribution in [3.8, 4) is 22.8 Å². The van der Waals surface area contributed by atoms with Crippen LogP contribution in [0.1, 0.15) is 12.8 Å². The lowest BCUT2D eigenvalue weighted by atomic mass is 10.2. The molecule has 0 saturated carbocycles. The molecule has 0 fully saturated rings. The molecule has 0 N–H and O–H groups in total. The van der Waals surface area contributed by atoms with Gasteiger partial charge in [0.05, 0.1) is 5.75 Å². The molecule has 9 heteroatoms. The monoisotopic (exact) mass is 431 g/mol. The van der Waals surface area contributed by atoms with Gasteiger partial charge in [-0.15, -0.1) is 20.4 Å². The molecule has 142 valence electrons. The van der Waals surface area contributed by atoms with E-state index in [1.165, 1.54) is 11.8 Å². The Hall–Kier alpha value is -2.35. The Morgan fingerprint density at radius 3 is 2.14 bits per heavy atom. The van der Waals surface area contributed by atoms with Crippen molar-refractivity contribution in [1.29, 1.82) is 0 Å². The summed E-state index contributed by atoms with van der Waals surface area (Å²) in [5, 5.41) is 19.0. The van der Waals surface area contributed by atoms with Crippen LogP contribution in [0.5, 0.6) is 0 Å². The fourth-order valence-corrected chi connectivity index (χ4v) is 3.73. The predicted molar refractivity (Wildman–Crippen MR) is 110 cm³/mol. The van der Waals surface area contributed by atoms with Crippen LogP contribution < -0.4 is 0 Å². The van der Waals surface area contributed by atoms with Gasteiger partial charge < -0.3 is 8.98 Å². The summed E-state index contributed by atoms with van der Waals surface area (Å²) >= 11 is 13.4. The maximum absolute atomic E-state index is 5.97. The molecule has 28 heavy (non-hydrogen) atoms. The summed E-state index contributed by atoms with van der Waals surface area (Å²) in [5.74, 6) is 2.29. The van der Waals surface area contributed by atoms with Crippen molar-refractivity contribution >= 4 is 35.0 Å². The van der Waals surface area contributed by atoms with Gasteiger partial charge in [-0.3, -0.25) is 0 Å². The van der Waals surface area contributed by atoms with E-state index in [0.717, 1.165) is 28.7 Å². The summed E-state index contributed by atoms with van der Waals surface area (Å²) in [5.41, 5.74) is 1.79. The van der Waals surface area contributed by atoms with Gasteiger partial charge in [-0.2, -0.15) is 0 Å². The molecule has 2 aromatic heterocycles. The number of nitrogens with zero attached hydrogens (tertiary/aromatic N) is 5. The van der Waals surface area contributed by atoms with Crippen LogP contribution in [0.4, 0.5) is 0 Å². The molecule has 4 aromatic rings. The lowest BCUT2D eigenvalue weighted by Gasteiger charge is -2.06. The number of halogens is 2. The summed E-state index contributed by atoms with van der Waals surface area (Å²) in [6.45, 7) is 2.80. The molecule has 0 saturated heterocycles. The van der Waals surface area contributed by atoms with Gasteiger partial charge in [0.15, 0.2) is 11.0 Å². The number of hydrogen-bond donors (Lipinski definition) is 0. The van der Waals surface area contributed by atoms with E-state index in [9.17, 15) is 0 Å². The average molecular weight is 432 g/mol. The highest BCUT2D eigenvalue weighted by Crippen LogP contribution is 2.28. The van der Waals surface area contributed by atoms with Crippen LogP contribution in [0.25, 0.3) is 22.8 Å². The van der Waals surface area contributed by atoms with Crippen molar-refractivity contribution in [2.75, 3.05) is 0 Å². The molecule has 0 aliphatic rings. The van der Waals surface area contributed by atoms with Crippen LogP contribution in [0.3, 0.4) is 0 Å². The van der Waals surface area contributed by atoms with E-state index in [0.29, 0.717) is 27.6 Å².